The van der Waals surface area contributed by atoms with Gasteiger partial charge >= 0.3 is 12.1 Å². The van der Waals surface area contributed by atoms with Crippen molar-refractivity contribution in [1.82, 2.24) is 9.80 Å². The summed E-state index contributed by atoms with van der Waals surface area (Å²) >= 11 is 0. The number of likely N-dealkylation sites (tertiary alicyclic amines) is 2. The molecule has 3 heterocycles. The van der Waals surface area contributed by atoms with Crippen LogP contribution in [0.5, 0.6) is 0 Å². The van der Waals surface area contributed by atoms with Crippen molar-refractivity contribution in [3.8, 4) is 0 Å². The van der Waals surface area contributed by atoms with Gasteiger partial charge in [-0.2, -0.15) is 13.2 Å². The first kappa shape index (κ1) is 24.5. The highest BCUT2D eigenvalue weighted by Crippen LogP contribution is 2.48. The van der Waals surface area contributed by atoms with Crippen LogP contribution in [-0.4, -0.2) is 78.4 Å². The third kappa shape index (κ3) is 5.61. The summed E-state index contributed by atoms with van der Waals surface area (Å²) in [7, 11) is 2.03. The normalized spacial score (nSPS) is 24.3. The first-order valence-corrected chi connectivity index (χ1v) is 11.1. The SMILES string of the molecule is CN1C(=O)CC(c2ccccc2)C12CCN(CC1CCOCC1)CC2.O=C(O)C(F)(F)F. The van der Waals surface area contributed by atoms with Crippen LogP contribution in [0.15, 0.2) is 30.3 Å². The van der Waals surface area contributed by atoms with Crippen molar-refractivity contribution >= 4 is 11.9 Å². The fourth-order valence-corrected chi connectivity index (χ4v) is 5.20. The number of hydrogen-bond donors (Lipinski definition) is 1. The van der Waals surface area contributed by atoms with E-state index in [1.165, 1.54) is 24.9 Å². The van der Waals surface area contributed by atoms with E-state index >= 15 is 0 Å². The zero-order valence-electron chi connectivity index (χ0n) is 18.3. The van der Waals surface area contributed by atoms with Crippen LogP contribution in [0.1, 0.15) is 43.6 Å². The van der Waals surface area contributed by atoms with Crippen LogP contribution in [0.4, 0.5) is 13.2 Å². The molecule has 1 spiro atoms. The standard InChI is InChI=1S/C21H30N2O2.C2HF3O2/c1-22-20(24)15-19(18-5-3-2-4-6-18)21(22)9-11-23(12-10-21)16-17-7-13-25-14-8-17;3-2(4,5)1(6)7/h2-6,17,19H,7-16H2,1H3;(H,6,7). The number of likely N-dealkylation sites (N-methyl/N-ethyl adjacent to an activating group) is 1. The van der Waals surface area contributed by atoms with E-state index in [1.54, 1.807) is 0 Å². The first-order chi connectivity index (χ1) is 15.1. The van der Waals surface area contributed by atoms with Gasteiger partial charge in [0, 0.05) is 52.2 Å². The Hall–Kier alpha value is -2.13. The minimum Gasteiger partial charge on any atom is -0.475 e. The highest BCUT2D eigenvalue weighted by atomic mass is 19.4. The Bertz CT molecular complexity index is 773. The topological polar surface area (TPSA) is 70.1 Å². The third-order valence-corrected chi connectivity index (χ3v) is 7.09. The molecule has 1 N–H and O–H groups in total. The van der Waals surface area contributed by atoms with Gasteiger partial charge in [-0.25, -0.2) is 4.79 Å². The van der Waals surface area contributed by atoms with Gasteiger partial charge in [-0.05, 0) is 37.2 Å². The molecular formula is C23H31F3N2O4. The molecule has 3 saturated heterocycles. The maximum absolute atomic E-state index is 12.5. The molecule has 3 aliphatic rings. The molecule has 6 nitrogen and oxygen atoms in total. The summed E-state index contributed by atoms with van der Waals surface area (Å²) < 4.78 is 37.2. The molecule has 1 aromatic carbocycles. The fraction of sp³-hybridized carbons (Fsp3) is 0.652. The zero-order chi connectivity index (χ0) is 23.4. The Morgan fingerprint density at radius 1 is 1.16 bits per heavy atom. The molecule has 0 bridgehead atoms. The van der Waals surface area contributed by atoms with E-state index in [1.807, 2.05) is 7.05 Å². The number of carboxylic acid groups (broad SMARTS) is 1. The number of carboxylic acids is 1. The van der Waals surface area contributed by atoms with Crippen molar-refractivity contribution < 1.29 is 32.6 Å². The van der Waals surface area contributed by atoms with E-state index in [4.69, 9.17) is 14.6 Å². The van der Waals surface area contributed by atoms with Crippen LogP contribution in [0.3, 0.4) is 0 Å². The molecule has 0 aliphatic carbocycles. The summed E-state index contributed by atoms with van der Waals surface area (Å²) in [5, 5.41) is 7.12. The summed E-state index contributed by atoms with van der Waals surface area (Å²) in [5.74, 6) is -1.31. The fourth-order valence-electron chi connectivity index (χ4n) is 5.20. The number of carbonyl (C=O) groups is 2. The number of hydrogen-bond acceptors (Lipinski definition) is 4. The summed E-state index contributed by atoms with van der Waals surface area (Å²) in [5.41, 5.74) is 1.35. The van der Waals surface area contributed by atoms with E-state index < -0.39 is 12.1 Å². The van der Waals surface area contributed by atoms with Crippen molar-refractivity contribution in [3.05, 3.63) is 35.9 Å². The average Bonchev–Trinajstić information content (AvgIpc) is 3.01. The monoisotopic (exact) mass is 456 g/mol. The van der Waals surface area contributed by atoms with Crippen molar-refractivity contribution in [2.24, 2.45) is 5.92 Å². The molecule has 0 saturated carbocycles. The molecule has 3 aliphatic heterocycles. The largest absolute Gasteiger partial charge is 0.490 e. The quantitative estimate of drug-likeness (QED) is 0.754. The maximum atomic E-state index is 12.5. The highest BCUT2D eigenvalue weighted by Gasteiger charge is 2.52. The van der Waals surface area contributed by atoms with E-state index in [-0.39, 0.29) is 5.54 Å². The minimum absolute atomic E-state index is 0.0185. The second-order valence-corrected chi connectivity index (χ2v) is 8.88. The molecule has 0 aromatic heterocycles. The molecule has 32 heavy (non-hydrogen) atoms. The predicted molar refractivity (Wildman–Crippen MR) is 112 cm³/mol. The number of benzene rings is 1. The Morgan fingerprint density at radius 2 is 1.72 bits per heavy atom. The Balaban J connectivity index is 0.000000360. The lowest BCUT2D eigenvalue weighted by Crippen LogP contribution is -2.54. The van der Waals surface area contributed by atoms with Gasteiger partial charge in [0.25, 0.3) is 0 Å². The van der Waals surface area contributed by atoms with Crippen molar-refractivity contribution in [2.45, 2.75) is 49.7 Å². The second-order valence-electron chi connectivity index (χ2n) is 8.88. The number of alkyl halides is 3. The molecular weight excluding hydrogens is 425 g/mol. The number of amides is 1. The van der Waals surface area contributed by atoms with Gasteiger partial charge in [0.05, 0.1) is 5.54 Å². The van der Waals surface area contributed by atoms with Gasteiger partial charge in [-0.1, -0.05) is 30.3 Å². The van der Waals surface area contributed by atoms with E-state index in [0.29, 0.717) is 18.2 Å². The lowest BCUT2D eigenvalue weighted by molar-refractivity contribution is -0.192. The number of ether oxygens (including phenoxy) is 1. The molecule has 3 fully saturated rings. The van der Waals surface area contributed by atoms with E-state index in [2.05, 4.69) is 40.1 Å². The smallest absolute Gasteiger partial charge is 0.475 e. The highest BCUT2D eigenvalue weighted by molar-refractivity contribution is 5.81. The minimum atomic E-state index is -5.08. The average molecular weight is 457 g/mol. The molecule has 0 radical (unpaired) electrons. The molecule has 1 atom stereocenters. The molecule has 9 heteroatoms. The van der Waals surface area contributed by atoms with Gasteiger partial charge in [-0.3, -0.25) is 4.79 Å². The molecule has 1 aromatic rings. The number of aliphatic carboxylic acids is 1. The molecule has 1 amide bonds. The summed E-state index contributed by atoms with van der Waals surface area (Å²) in [6, 6.07) is 10.7. The Kier molecular flexibility index (Phi) is 7.82. The van der Waals surface area contributed by atoms with Gasteiger partial charge in [0.15, 0.2) is 0 Å². The summed E-state index contributed by atoms with van der Waals surface area (Å²) in [6.07, 6.45) is 0.176. The van der Waals surface area contributed by atoms with Crippen molar-refractivity contribution in [1.29, 1.82) is 0 Å². The number of carbonyl (C=O) groups excluding carboxylic acids is 1. The van der Waals surface area contributed by atoms with Crippen LogP contribution >= 0.6 is 0 Å². The van der Waals surface area contributed by atoms with Crippen LogP contribution in [-0.2, 0) is 14.3 Å². The van der Waals surface area contributed by atoms with Gasteiger partial charge in [-0.15, -0.1) is 0 Å². The molecule has 1 unspecified atom stereocenters. The van der Waals surface area contributed by atoms with E-state index in [9.17, 15) is 18.0 Å². The molecule has 4 rings (SSSR count). The van der Waals surface area contributed by atoms with Gasteiger partial charge < -0.3 is 19.6 Å². The van der Waals surface area contributed by atoms with Crippen LogP contribution in [0, 0.1) is 5.92 Å². The lowest BCUT2D eigenvalue weighted by Gasteiger charge is -2.47. The number of halogens is 3. The Labute approximate surface area is 186 Å². The number of piperidine rings is 1. The zero-order valence-corrected chi connectivity index (χ0v) is 18.3. The predicted octanol–water partition coefficient (Wildman–Crippen LogP) is 3.53. The molecule has 178 valence electrons. The summed E-state index contributed by atoms with van der Waals surface area (Å²) in [6.45, 7) is 5.27. The van der Waals surface area contributed by atoms with Crippen LogP contribution < -0.4 is 0 Å². The Morgan fingerprint density at radius 3 is 2.25 bits per heavy atom. The maximum Gasteiger partial charge on any atom is 0.490 e. The van der Waals surface area contributed by atoms with Crippen molar-refractivity contribution in [3.63, 3.8) is 0 Å². The first-order valence-electron chi connectivity index (χ1n) is 11.1. The van der Waals surface area contributed by atoms with Crippen LogP contribution in [0.25, 0.3) is 0 Å². The lowest BCUT2D eigenvalue weighted by atomic mass is 9.73. The number of rotatable bonds is 3. The third-order valence-electron chi connectivity index (χ3n) is 7.09. The van der Waals surface area contributed by atoms with Crippen LogP contribution in [0.2, 0.25) is 0 Å². The second kappa shape index (κ2) is 10.2. The number of nitrogens with zero attached hydrogens (tertiary/aromatic N) is 2. The van der Waals surface area contributed by atoms with Crippen molar-refractivity contribution in [2.75, 3.05) is 39.9 Å². The van der Waals surface area contributed by atoms with Gasteiger partial charge in [0.1, 0.15) is 0 Å². The summed E-state index contributed by atoms with van der Waals surface area (Å²) in [4.78, 5) is 26.1. The van der Waals surface area contributed by atoms with E-state index in [0.717, 1.165) is 45.1 Å². The van der Waals surface area contributed by atoms with Gasteiger partial charge in [0.2, 0.25) is 5.91 Å².